The summed E-state index contributed by atoms with van der Waals surface area (Å²) in [6.07, 6.45) is 0. The van der Waals surface area contributed by atoms with Crippen LogP contribution in [0.5, 0.6) is 0 Å². The first-order chi connectivity index (χ1) is 11.2. The van der Waals surface area contributed by atoms with E-state index in [1.165, 1.54) is 11.9 Å². The van der Waals surface area contributed by atoms with E-state index in [1.807, 2.05) is 20.8 Å². The molecule has 2 aromatic rings. The number of hydrogen-bond acceptors (Lipinski definition) is 5. The summed E-state index contributed by atoms with van der Waals surface area (Å²) in [6.45, 7) is 5.21. The summed E-state index contributed by atoms with van der Waals surface area (Å²) >= 11 is 0. The third-order valence-corrected chi connectivity index (χ3v) is 3.24. The Kier molecular flexibility index (Phi) is 4.96. The number of carbonyl (C=O) groups is 2. The molecule has 24 heavy (non-hydrogen) atoms. The van der Waals surface area contributed by atoms with Gasteiger partial charge in [-0.2, -0.15) is 0 Å². The van der Waals surface area contributed by atoms with E-state index in [0.717, 1.165) is 4.68 Å². The summed E-state index contributed by atoms with van der Waals surface area (Å²) in [4.78, 5) is 37.6. The fraction of sp³-hybridized carbons (Fsp3) is 0.438. The molecule has 0 aliphatic heterocycles. The molecule has 1 N–H and O–H groups in total. The van der Waals surface area contributed by atoms with E-state index in [9.17, 15) is 14.4 Å². The predicted octanol–water partition coefficient (Wildman–Crippen LogP) is 0.165. The lowest BCUT2D eigenvalue weighted by Crippen LogP contribution is -2.47. The van der Waals surface area contributed by atoms with Gasteiger partial charge in [0.2, 0.25) is 11.8 Å². The third kappa shape index (κ3) is 4.37. The number of benzene rings is 1. The molecule has 0 aliphatic rings. The zero-order valence-corrected chi connectivity index (χ0v) is 14.2. The van der Waals surface area contributed by atoms with Crippen molar-refractivity contribution in [3.05, 3.63) is 34.6 Å². The number of nitrogens with zero attached hydrogens (tertiary/aromatic N) is 4. The Morgan fingerprint density at radius 1 is 1.25 bits per heavy atom. The van der Waals surface area contributed by atoms with Gasteiger partial charge >= 0.3 is 0 Å². The standard InChI is InChI=1S/C16H21N5O3/c1-16(2,3)17-13(22)9-20(4)14(23)10-21-15(24)11-7-5-6-8-12(11)18-19-21/h5-8H,9-10H2,1-4H3,(H,17,22). The first kappa shape index (κ1) is 17.6. The van der Waals surface area contributed by atoms with Gasteiger partial charge in [0.15, 0.2) is 0 Å². The zero-order chi connectivity index (χ0) is 17.9. The highest BCUT2D eigenvalue weighted by molar-refractivity contribution is 5.85. The molecule has 0 fully saturated rings. The fourth-order valence-electron chi connectivity index (χ4n) is 2.14. The van der Waals surface area contributed by atoms with Crippen molar-refractivity contribution >= 4 is 22.7 Å². The van der Waals surface area contributed by atoms with E-state index >= 15 is 0 Å². The van der Waals surface area contributed by atoms with E-state index in [1.54, 1.807) is 24.3 Å². The number of fused-ring (bicyclic) bond motifs is 1. The van der Waals surface area contributed by atoms with Crippen molar-refractivity contribution in [3.63, 3.8) is 0 Å². The van der Waals surface area contributed by atoms with Gasteiger partial charge < -0.3 is 10.2 Å². The molecule has 8 nitrogen and oxygen atoms in total. The molecule has 1 aromatic carbocycles. The van der Waals surface area contributed by atoms with Crippen molar-refractivity contribution < 1.29 is 9.59 Å². The van der Waals surface area contributed by atoms with Crippen molar-refractivity contribution in [2.45, 2.75) is 32.9 Å². The molecule has 0 spiro atoms. The second kappa shape index (κ2) is 6.77. The van der Waals surface area contributed by atoms with Crippen LogP contribution in [0.2, 0.25) is 0 Å². The van der Waals surface area contributed by atoms with E-state index in [2.05, 4.69) is 15.6 Å². The summed E-state index contributed by atoms with van der Waals surface area (Å²) in [5.74, 6) is -0.666. The fourth-order valence-corrected chi connectivity index (χ4v) is 2.14. The van der Waals surface area contributed by atoms with Gasteiger partial charge in [0, 0.05) is 12.6 Å². The summed E-state index contributed by atoms with van der Waals surface area (Å²) < 4.78 is 1.00. The average Bonchev–Trinajstić information content (AvgIpc) is 2.48. The van der Waals surface area contributed by atoms with Gasteiger partial charge in [-0.1, -0.05) is 17.3 Å². The second-order valence-corrected chi connectivity index (χ2v) is 6.62. The molecule has 0 bridgehead atoms. The van der Waals surface area contributed by atoms with Gasteiger partial charge in [-0.05, 0) is 32.9 Å². The Bertz CT molecular complexity index is 822. The van der Waals surface area contributed by atoms with Gasteiger partial charge in [-0.25, -0.2) is 4.68 Å². The molecular weight excluding hydrogens is 310 g/mol. The molecule has 0 saturated heterocycles. The predicted molar refractivity (Wildman–Crippen MR) is 89.3 cm³/mol. The van der Waals surface area contributed by atoms with Crippen LogP contribution >= 0.6 is 0 Å². The van der Waals surface area contributed by atoms with Crippen LogP contribution in [0, 0.1) is 0 Å². The number of amides is 2. The van der Waals surface area contributed by atoms with Crippen LogP contribution in [0.15, 0.2) is 29.1 Å². The van der Waals surface area contributed by atoms with Crippen LogP contribution in [0.4, 0.5) is 0 Å². The SMILES string of the molecule is CN(CC(=O)NC(C)(C)C)C(=O)Cn1nnc2ccccc2c1=O. The molecule has 128 valence electrons. The van der Waals surface area contributed by atoms with E-state index in [0.29, 0.717) is 10.9 Å². The molecular formula is C16H21N5O3. The molecule has 1 aromatic heterocycles. The summed E-state index contributed by atoms with van der Waals surface area (Å²) in [6, 6.07) is 6.79. The molecule has 8 heteroatoms. The number of rotatable bonds is 4. The van der Waals surface area contributed by atoms with Crippen molar-refractivity contribution in [1.29, 1.82) is 0 Å². The number of likely N-dealkylation sites (N-methyl/N-ethyl adjacent to an activating group) is 1. The van der Waals surface area contributed by atoms with Crippen molar-refractivity contribution in [2.24, 2.45) is 0 Å². The highest BCUT2D eigenvalue weighted by Gasteiger charge is 2.19. The van der Waals surface area contributed by atoms with E-state index in [-0.39, 0.29) is 30.1 Å². The first-order valence-corrected chi connectivity index (χ1v) is 7.55. The smallest absolute Gasteiger partial charge is 0.278 e. The Balaban J connectivity index is 2.08. The molecule has 2 rings (SSSR count). The van der Waals surface area contributed by atoms with Crippen LogP contribution in [-0.2, 0) is 16.1 Å². The van der Waals surface area contributed by atoms with Gasteiger partial charge in [-0.3, -0.25) is 14.4 Å². The lowest BCUT2D eigenvalue weighted by Gasteiger charge is -2.23. The number of hydrogen-bond donors (Lipinski definition) is 1. The molecule has 1 heterocycles. The maximum absolute atomic E-state index is 12.3. The van der Waals surface area contributed by atoms with E-state index < -0.39 is 5.91 Å². The summed E-state index contributed by atoms with van der Waals surface area (Å²) in [5, 5.41) is 10.9. The van der Waals surface area contributed by atoms with Crippen molar-refractivity contribution in [3.8, 4) is 0 Å². The van der Waals surface area contributed by atoms with Gasteiger partial charge in [-0.15, -0.1) is 5.10 Å². The Morgan fingerprint density at radius 2 is 1.92 bits per heavy atom. The van der Waals surface area contributed by atoms with Crippen LogP contribution in [0.1, 0.15) is 20.8 Å². The number of nitrogens with one attached hydrogen (secondary N) is 1. The molecule has 0 atom stereocenters. The minimum atomic E-state index is -0.397. The van der Waals surface area contributed by atoms with Crippen LogP contribution in [0.3, 0.4) is 0 Å². The quantitative estimate of drug-likeness (QED) is 0.861. The normalized spacial score (nSPS) is 11.3. The van der Waals surface area contributed by atoms with Crippen LogP contribution in [-0.4, -0.2) is 50.8 Å². The minimum absolute atomic E-state index is 0.0914. The number of carbonyl (C=O) groups excluding carboxylic acids is 2. The molecule has 0 radical (unpaired) electrons. The third-order valence-electron chi connectivity index (χ3n) is 3.24. The van der Waals surface area contributed by atoms with Crippen molar-refractivity contribution in [2.75, 3.05) is 13.6 Å². The molecule has 0 unspecified atom stereocenters. The minimum Gasteiger partial charge on any atom is -0.350 e. The maximum Gasteiger partial charge on any atom is 0.278 e. The summed E-state index contributed by atoms with van der Waals surface area (Å²) in [5.41, 5.74) is -0.285. The molecule has 0 aliphatic carbocycles. The maximum atomic E-state index is 12.3. The zero-order valence-electron chi connectivity index (χ0n) is 14.2. The Labute approximate surface area is 139 Å². The highest BCUT2D eigenvalue weighted by Crippen LogP contribution is 2.03. The van der Waals surface area contributed by atoms with E-state index in [4.69, 9.17) is 0 Å². The topological polar surface area (TPSA) is 97.2 Å². The molecule has 2 amide bonds. The summed E-state index contributed by atoms with van der Waals surface area (Å²) in [7, 11) is 1.50. The Morgan fingerprint density at radius 3 is 2.58 bits per heavy atom. The van der Waals surface area contributed by atoms with Crippen LogP contribution < -0.4 is 10.9 Å². The lowest BCUT2D eigenvalue weighted by atomic mass is 10.1. The highest BCUT2D eigenvalue weighted by atomic mass is 16.2. The largest absolute Gasteiger partial charge is 0.350 e. The van der Waals surface area contributed by atoms with Gasteiger partial charge in [0.1, 0.15) is 12.1 Å². The monoisotopic (exact) mass is 331 g/mol. The lowest BCUT2D eigenvalue weighted by molar-refractivity contribution is -0.135. The first-order valence-electron chi connectivity index (χ1n) is 7.55. The van der Waals surface area contributed by atoms with Crippen LogP contribution in [0.25, 0.3) is 10.9 Å². The van der Waals surface area contributed by atoms with Gasteiger partial charge in [0.05, 0.1) is 11.9 Å². The van der Waals surface area contributed by atoms with Crippen molar-refractivity contribution in [1.82, 2.24) is 25.2 Å². The Hall–Kier alpha value is -2.77. The molecule has 0 saturated carbocycles. The average molecular weight is 331 g/mol. The second-order valence-electron chi connectivity index (χ2n) is 6.62. The number of aromatic nitrogens is 3. The van der Waals surface area contributed by atoms with Gasteiger partial charge in [0.25, 0.3) is 5.56 Å².